The van der Waals surface area contributed by atoms with Crippen molar-refractivity contribution in [1.29, 1.82) is 0 Å². The molecule has 7 heteroatoms. The SMILES string of the molecule is CCOc1ccc([C@@H]2C(C(=O)Nc3ccc(C)cc3)=C(C)NC3=C2C(=O)C[C@@H](c2ccc(OC)c(OC)c2)C3)cc1. The van der Waals surface area contributed by atoms with Gasteiger partial charge in [0, 0.05) is 40.6 Å². The third-order valence-electron chi connectivity index (χ3n) is 7.79. The molecule has 0 fully saturated rings. The number of aryl methyl sites for hydroxylation is 1. The van der Waals surface area contributed by atoms with Crippen LogP contribution in [0.3, 0.4) is 0 Å². The molecule has 1 heterocycles. The Morgan fingerprint density at radius 3 is 2.24 bits per heavy atom. The number of nitrogens with one attached hydrogen (secondary N) is 2. The predicted molar refractivity (Wildman–Crippen MR) is 160 cm³/mol. The molecule has 1 aliphatic carbocycles. The van der Waals surface area contributed by atoms with E-state index in [1.165, 1.54) is 0 Å². The molecule has 3 aromatic carbocycles. The standard InChI is InChI=1S/C34H36N2O5/c1-6-41-26-14-9-22(10-15-26)32-31(34(38)36-25-12-7-20(2)8-13-25)21(3)35-27-17-24(18-28(37)33(27)32)23-11-16-29(39-4)30(19-23)40-5/h7-16,19,24,32,35H,6,17-18H2,1-5H3,(H,36,38)/t24-,32+/m0/s1. The number of Topliss-reactive ketones (excluding diaryl/α,β-unsaturated/α-hetero) is 1. The number of dihydropyridines is 1. The summed E-state index contributed by atoms with van der Waals surface area (Å²) in [7, 11) is 3.21. The maximum absolute atomic E-state index is 14.0. The first kappa shape index (κ1) is 28.0. The Bertz CT molecular complexity index is 1520. The second-order valence-corrected chi connectivity index (χ2v) is 10.5. The van der Waals surface area contributed by atoms with Gasteiger partial charge in [-0.3, -0.25) is 9.59 Å². The summed E-state index contributed by atoms with van der Waals surface area (Å²) in [6.45, 7) is 6.40. The van der Waals surface area contributed by atoms with Gasteiger partial charge in [0.2, 0.25) is 0 Å². The lowest BCUT2D eigenvalue weighted by atomic mass is 9.71. The van der Waals surface area contributed by atoms with E-state index in [1.807, 2.05) is 87.5 Å². The summed E-state index contributed by atoms with van der Waals surface area (Å²) < 4.78 is 16.6. The third-order valence-corrected chi connectivity index (χ3v) is 7.79. The Kier molecular flexibility index (Phi) is 8.15. The van der Waals surface area contributed by atoms with Gasteiger partial charge in [-0.1, -0.05) is 35.9 Å². The van der Waals surface area contributed by atoms with E-state index in [-0.39, 0.29) is 17.6 Å². The number of amides is 1. The van der Waals surface area contributed by atoms with E-state index in [0.717, 1.165) is 33.8 Å². The number of methoxy groups -OCH3 is 2. The maximum atomic E-state index is 14.0. The largest absolute Gasteiger partial charge is 0.494 e. The van der Waals surface area contributed by atoms with Gasteiger partial charge in [0.05, 0.1) is 20.8 Å². The summed E-state index contributed by atoms with van der Waals surface area (Å²) in [5.74, 6) is 1.26. The summed E-state index contributed by atoms with van der Waals surface area (Å²) in [4.78, 5) is 27.8. The summed E-state index contributed by atoms with van der Waals surface area (Å²) in [6.07, 6.45) is 0.962. The van der Waals surface area contributed by atoms with Crippen molar-refractivity contribution in [2.75, 3.05) is 26.1 Å². The van der Waals surface area contributed by atoms with Gasteiger partial charge in [0.15, 0.2) is 17.3 Å². The molecule has 7 nitrogen and oxygen atoms in total. The Balaban J connectivity index is 1.53. The average molecular weight is 553 g/mol. The summed E-state index contributed by atoms with van der Waals surface area (Å²) in [6, 6.07) is 21.2. The molecule has 0 unspecified atom stereocenters. The van der Waals surface area contributed by atoms with E-state index in [4.69, 9.17) is 14.2 Å². The lowest BCUT2D eigenvalue weighted by Crippen LogP contribution is -2.37. The van der Waals surface area contributed by atoms with E-state index in [1.54, 1.807) is 14.2 Å². The zero-order valence-electron chi connectivity index (χ0n) is 24.2. The highest BCUT2D eigenvalue weighted by Crippen LogP contribution is 2.46. The van der Waals surface area contributed by atoms with E-state index in [9.17, 15) is 9.59 Å². The quantitative estimate of drug-likeness (QED) is 0.336. The van der Waals surface area contributed by atoms with Crippen molar-refractivity contribution in [2.24, 2.45) is 0 Å². The monoisotopic (exact) mass is 552 g/mol. The van der Waals surface area contributed by atoms with Crippen LogP contribution in [0.4, 0.5) is 5.69 Å². The normalized spacial score (nSPS) is 18.4. The zero-order chi connectivity index (χ0) is 29.1. The van der Waals surface area contributed by atoms with Gasteiger partial charge in [0.1, 0.15) is 5.75 Å². The molecule has 3 aromatic rings. The molecular weight excluding hydrogens is 516 g/mol. The molecule has 41 heavy (non-hydrogen) atoms. The van der Waals surface area contributed by atoms with Crippen LogP contribution in [0.15, 0.2) is 89.3 Å². The minimum Gasteiger partial charge on any atom is -0.494 e. The molecule has 0 radical (unpaired) electrons. The first-order valence-corrected chi connectivity index (χ1v) is 13.9. The van der Waals surface area contributed by atoms with E-state index < -0.39 is 5.92 Å². The number of carbonyl (C=O) groups excluding carboxylic acids is 2. The molecule has 2 N–H and O–H groups in total. The number of benzene rings is 3. The first-order chi connectivity index (χ1) is 19.8. The number of allylic oxidation sites excluding steroid dienone is 3. The van der Waals surface area contributed by atoms with Crippen LogP contribution >= 0.6 is 0 Å². The van der Waals surface area contributed by atoms with Crippen LogP contribution in [0.5, 0.6) is 17.2 Å². The van der Waals surface area contributed by atoms with Crippen molar-refractivity contribution in [3.05, 3.63) is 106 Å². The number of rotatable bonds is 8. The molecule has 0 aromatic heterocycles. The molecule has 212 valence electrons. The summed E-state index contributed by atoms with van der Waals surface area (Å²) >= 11 is 0. The van der Waals surface area contributed by atoms with Crippen LogP contribution in [-0.2, 0) is 9.59 Å². The number of hydrogen-bond donors (Lipinski definition) is 2. The highest BCUT2D eigenvalue weighted by molar-refractivity contribution is 6.10. The molecule has 1 aliphatic heterocycles. The third kappa shape index (κ3) is 5.71. The van der Waals surface area contributed by atoms with Gasteiger partial charge in [-0.25, -0.2) is 0 Å². The van der Waals surface area contributed by atoms with Crippen molar-refractivity contribution >= 4 is 17.4 Å². The Morgan fingerprint density at radius 2 is 1.59 bits per heavy atom. The highest BCUT2D eigenvalue weighted by Gasteiger charge is 2.41. The van der Waals surface area contributed by atoms with Crippen LogP contribution in [-0.4, -0.2) is 32.5 Å². The van der Waals surface area contributed by atoms with Crippen molar-refractivity contribution in [1.82, 2.24) is 5.32 Å². The Labute approximate surface area is 241 Å². The maximum Gasteiger partial charge on any atom is 0.254 e. The molecular formula is C34H36N2O5. The summed E-state index contributed by atoms with van der Waals surface area (Å²) in [5.41, 5.74) is 6.45. The lowest BCUT2D eigenvalue weighted by Gasteiger charge is -2.37. The molecule has 2 atom stereocenters. The molecule has 0 spiro atoms. The van der Waals surface area contributed by atoms with Crippen LogP contribution in [0.1, 0.15) is 55.2 Å². The predicted octanol–water partition coefficient (Wildman–Crippen LogP) is 6.41. The molecule has 0 bridgehead atoms. The molecule has 1 amide bonds. The molecule has 5 rings (SSSR count). The van der Waals surface area contributed by atoms with Gasteiger partial charge >= 0.3 is 0 Å². The second kappa shape index (κ2) is 11.9. The number of ether oxygens (including phenoxy) is 3. The lowest BCUT2D eigenvalue weighted by molar-refractivity contribution is -0.116. The highest BCUT2D eigenvalue weighted by atomic mass is 16.5. The van der Waals surface area contributed by atoms with Crippen molar-refractivity contribution < 1.29 is 23.8 Å². The zero-order valence-corrected chi connectivity index (χ0v) is 24.2. The van der Waals surface area contributed by atoms with Crippen molar-refractivity contribution in [3.63, 3.8) is 0 Å². The fourth-order valence-corrected chi connectivity index (χ4v) is 5.77. The van der Waals surface area contributed by atoms with Gasteiger partial charge in [-0.05, 0) is 80.6 Å². The summed E-state index contributed by atoms with van der Waals surface area (Å²) in [5, 5.41) is 6.50. The van der Waals surface area contributed by atoms with Crippen molar-refractivity contribution in [3.8, 4) is 17.2 Å². The minimum absolute atomic E-state index is 0.0190. The first-order valence-electron chi connectivity index (χ1n) is 13.9. The van der Waals surface area contributed by atoms with Crippen LogP contribution in [0, 0.1) is 6.92 Å². The minimum atomic E-state index is -0.508. The molecule has 0 saturated carbocycles. The topological polar surface area (TPSA) is 85.9 Å². The molecule has 0 saturated heterocycles. The van der Waals surface area contributed by atoms with Gasteiger partial charge in [0.25, 0.3) is 5.91 Å². The van der Waals surface area contributed by atoms with Crippen LogP contribution < -0.4 is 24.8 Å². The number of ketones is 1. The smallest absolute Gasteiger partial charge is 0.254 e. The number of anilines is 1. The van der Waals surface area contributed by atoms with Gasteiger partial charge in [-0.2, -0.15) is 0 Å². The number of hydrogen-bond acceptors (Lipinski definition) is 6. The Hall–Kier alpha value is -4.52. The van der Waals surface area contributed by atoms with E-state index >= 15 is 0 Å². The molecule has 2 aliphatic rings. The van der Waals surface area contributed by atoms with Gasteiger partial charge in [-0.15, -0.1) is 0 Å². The van der Waals surface area contributed by atoms with E-state index in [2.05, 4.69) is 10.6 Å². The van der Waals surface area contributed by atoms with Crippen molar-refractivity contribution in [2.45, 2.75) is 45.4 Å². The fourth-order valence-electron chi connectivity index (χ4n) is 5.77. The van der Waals surface area contributed by atoms with E-state index in [0.29, 0.717) is 47.8 Å². The second-order valence-electron chi connectivity index (χ2n) is 10.5. The average Bonchev–Trinajstić information content (AvgIpc) is 2.97. The van der Waals surface area contributed by atoms with Crippen LogP contribution in [0.25, 0.3) is 0 Å². The fraction of sp³-hybridized carbons (Fsp3) is 0.294. The van der Waals surface area contributed by atoms with Crippen LogP contribution in [0.2, 0.25) is 0 Å². The van der Waals surface area contributed by atoms with Gasteiger partial charge < -0.3 is 24.8 Å². The Morgan fingerprint density at radius 1 is 0.902 bits per heavy atom. The number of carbonyl (C=O) groups is 2.